The Hall–Kier alpha value is -1.08. The molecule has 0 bridgehead atoms. The van der Waals surface area contributed by atoms with Gasteiger partial charge in [0.25, 0.3) is 5.91 Å². The number of nitriles is 1. The number of nitrogens with zero attached hydrogens (tertiary/aromatic N) is 1. The van der Waals surface area contributed by atoms with E-state index in [9.17, 15) is 4.79 Å². The Morgan fingerprint density at radius 2 is 2.10 bits per heavy atom. The molecule has 0 aromatic heterocycles. The average molecular weight is 144 g/mol. The van der Waals surface area contributed by atoms with Crippen molar-refractivity contribution < 1.29 is 9.53 Å². The molecule has 2 N–H and O–H groups in total. The van der Waals surface area contributed by atoms with Gasteiger partial charge in [-0.3, -0.25) is 4.79 Å². The van der Waals surface area contributed by atoms with Crippen molar-refractivity contribution in [1.29, 1.82) is 5.26 Å². The number of carbonyl (C=O) groups excluding carboxylic acids is 1. The van der Waals surface area contributed by atoms with E-state index < -0.39 is 12.0 Å². The zero-order chi connectivity index (χ0) is 8.57. The lowest BCUT2D eigenvalue weighted by Crippen LogP contribution is -2.28. The monoisotopic (exact) mass is 144 g/mol. The third kappa shape index (κ3) is 5.06. The van der Waals surface area contributed by atoms with Crippen LogP contribution in [0.15, 0.2) is 0 Å². The lowest BCUT2D eigenvalue weighted by Gasteiger charge is -1.97. The highest BCUT2D eigenvalue weighted by Crippen LogP contribution is 1.81. The Morgan fingerprint density at radius 3 is 2.10 bits per heavy atom. The predicted octanol–water partition coefficient (Wildman–Crippen LogP) is 0.0365. The van der Waals surface area contributed by atoms with Gasteiger partial charge in [-0.2, -0.15) is 5.26 Å². The van der Waals surface area contributed by atoms with Crippen LogP contribution in [-0.4, -0.2) is 19.1 Å². The SMILES string of the molecule is CC.COC(C#N)C(N)=O. The van der Waals surface area contributed by atoms with Crippen LogP contribution >= 0.6 is 0 Å². The Kier molecular flexibility index (Phi) is 9.25. The molecule has 0 rings (SSSR count). The van der Waals surface area contributed by atoms with Gasteiger partial charge in [0.05, 0.1) is 0 Å². The van der Waals surface area contributed by atoms with Crippen molar-refractivity contribution in [2.45, 2.75) is 20.0 Å². The number of carbonyl (C=O) groups is 1. The number of rotatable bonds is 2. The third-order valence-electron chi connectivity index (χ3n) is 0.611. The minimum absolute atomic E-state index is 0.755. The maximum Gasteiger partial charge on any atom is 0.261 e. The Morgan fingerprint density at radius 1 is 1.70 bits per heavy atom. The molecule has 0 aromatic carbocycles. The maximum absolute atomic E-state index is 10.0. The van der Waals surface area contributed by atoms with Crippen molar-refractivity contribution in [2.75, 3.05) is 7.11 Å². The summed E-state index contributed by atoms with van der Waals surface area (Å²) in [5.74, 6) is -0.755. The largest absolute Gasteiger partial charge is 0.366 e. The standard InChI is InChI=1S/C4H6N2O2.C2H6/c1-8-3(2-5)4(6)7;1-2/h3H,1H3,(H2,6,7);1-2H3. The molecule has 1 amide bonds. The minimum Gasteiger partial charge on any atom is -0.366 e. The van der Waals surface area contributed by atoms with Crippen molar-refractivity contribution in [3.05, 3.63) is 0 Å². The summed E-state index contributed by atoms with van der Waals surface area (Å²) in [5.41, 5.74) is 4.67. The zero-order valence-corrected chi connectivity index (χ0v) is 6.42. The fraction of sp³-hybridized carbons (Fsp3) is 0.667. The number of hydrogen-bond acceptors (Lipinski definition) is 3. The van der Waals surface area contributed by atoms with Crippen molar-refractivity contribution in [1.82, 2.24) is 0 Å². The summed E-state index contributed by atoms with van der Waals surface area (Å²) < 4.78 is 4.33. The lowest BCUT2D eigenvalue weighted by molar-refractivity contribution is -0.124. The van der Waals surface area contributed by atoms with Crippen molar-refractivity contribution in [3.8, 4) is 6.07 Å². The van der Waals surface area contributed by atoms with Gasteiger partial charge in [-0.15, -0.1) is 0 Å². The zero-order valence-electron chi connectivity index (χ0n) is 6.42. The molecule has 0 aliphatic rings. The molecule has 0 radical (unpaired) electrons. The summed E-state index contributed by atoms with van der Waals surface area (Å²) in [4.78, 5) is 10.0. The van der Waals surface area contributed by atoms with Gasteiger partial charge in [-0.1, -0.05) is 13.8 Å². The second kappa shape index (κ2) is 7.92. The van der Waals surface area contributed by atoms with Gasteiger partial charge in [0.15, 0.2) is 0 Å². The molecule has 0 spiro atoms. The molecule has 0 aliphatic heterocycles. The van der Waals surface area contributed by atoms with Gasteiger partial charge in [0.2, 0.25) is 6.10 Å². The molecular weight excluding hydrogens is 132 g/mol. The number of amides is 1. The summed E-state index contributed by atoms with van der Waals surface area (Å²) in [6.45, 7) is 4.00. The van der Waals surface area contributed by atoms with E-state index in [0.717, 1.165) is 0 Å². The van der Waals surface area contributed by atoms with Crippen LogP contribution in [0.1, 0.15) is 13.8 Å². The van der Waals surface area contributed by atoms with Gasteiger partial charge in [-0.05, 0) is 0 Å². The molecule has 1 atom stereocenters. The molecule has 0 saturated carbocycles. The molecule has 0 aromatic rings. The Labute approximate surface area is 60.6 Å². The Balaban J connectivity index is 0. The van der Waals surface area contributed by atoms with E-state index in [4.69, 9.17) is 5.26 Å². The van der Waals surface area contributed by atoms with Gasteiger partial charge in [0, 0.05) is 7.11 Å². The highest BCUT2D eigenvalue weighted by molar-refractivity contribution is 5.81. The summed E-state index contributed by atoms with van der Waals surface area (Å²) in [5, 5.41) is 8.02. The second-order valence-corrected chi connectivity index (χ2v) is 1.15. The van der Waals surface area contributed by atoms with Crippen LogP contribution in [0.5, 0.6) is 0 Å². The van der Waals surface area contributed by atoms with E-state index >= 15 is 0 Å². The van der Waals surface area contributed by atoms with Gasteiger partial charge >= 0.3 is 0 Å². The lowest BCUT2D eigenvalue weighted by atomic mass is 10.4. The molecule has 0 heterocycles. The number of methoxy groups -OCH3 is 1. The molecular formula is C6H12N2O2. The van der Waals surface area contributed by atoms with Crippen LogP contribution in [0.4, 0.5) is 0 Å². The van der Waals surface area contributed by atoms with Crippen LogP contribution in [0, 0.1) is 11.3 Å². The Bertz CT molecular complexity index is 128. The van der Waals surface area contributed by atoms with Crippen molar-refractivity contribution in [2.24, 2.45) is 5.73 Å². The molecule has 0 saturated heterocycles. The molecule has 10 heavy (non-hydrogen) atoms. The average Bonchev–Trinajstić information content (AvgIpc) is 1.94. The number of ether oxygens (including phenoxy) is 1. The van der Waals surface area contributed by atoms with Crippen molar-refractivity contribution in [3.63, 3.8) is 0 Å². The predicted molar refractivity (Wildman–Crippen MR) is 37.0 cm³/mol. The smallest absolute Gasteiger partial charge is 0.261 e. The first-order chi connectivity index (χ1) is 4.72. The fourth-order valence-corrected chi connectivity index (χ4v) is 0.232. The van der Waals surface area contributed by atoms with Crippen LogP contribution in [-0.2, 0) is 9.53 Å². The molecule has 4 nitrogen and oxygen atoms in total. The summed E-state index contributed by atoms with van der Waals surface area (Å²) >= 11 is 0. The first-order valence-electron chi connectivity index (χ1n) is 2.94. The molecule has 4 heteroatoms. The molecule has 0 aliphatic carbocycles. The van der Waals surface area contributed by atoms with Gasteiger partial charge in [0.1, 0.15) is 6.07 Å². The summed E-state index contributed by atoms with van der Waals surface area (Å²) in [6, 6.07) is 1.55. The van der Waals surface area contributed by atoms with Crippen LogP contribution in [0.2, 0.25) is 0 Å². The topological polar surface area (TPSA) is 76.1 Å². The normalized spacial score (nSPS) is 10.2. The summed E-state index contributed by atoms with van der Waals surface area (Å²) in [6.07, 6.45) is -1.10. The first-order valence-corrected chi connectivity index (χ1v) is 2.94. The highest BCUT2D eigenvalue weighted by atomic mass is 16.5. The van der Waals surface area contributed by atoms with Gasteiger partial charge < -0.3 is 10.5 Å². The van der Waals surface area contributed by atoms with Crippen LogP contribution in [0.3, 0.4) is 0 Å². The van der Waals surface area contributed by atoms with Crippen molar-refractivity contribution >= 4 is 5.91 Å². The minimum atomic E-state index is -1.10. The number of primary amides is 1. The van der Waals surface area contributed by atoms with Crippen LogP contribution in [0.25, 0.3) is 0 Å². The number of hydrogen-bond donors (Lipinski definition) is 1. The van der Waals surface area contributed by atoms with E-state index in [0.29, 0.717) is 0 Å². The molecule has 1 unspecified atom stereocenters. The quantitative estimate of drug-likeness (QED) is 0.594. The maximum atomic E-state index is 10.0. The van der Waals surface area contributed by atoms with E-state index in [1.165, 1.54) is 7.11 Å². The number of nitrogens with two attached hydrogens (primary N) is 1. The van der Waals surface area contributed by atoms with E-state index in [-0.39, 0.29) is 0 Å². The third-order valence-corrected chi connectivity index (χ3v) is 0.611. The fourth-order valence-electron chi connectivity index (χ4n) is 0.232. The first kappa shape index (κ1) is 11.7. The summed E-state index contributed by atoms with van der Waals surface area (Å²) in [7, 11) is 1.25. The second-order valence-electron chi connectivity index (χ2n) is 1.15. The van der Waals surface area contributed by atoms with E-state index in [2.05, 4.69) is 10.5 Å². The van der Waals surface area contributed by atoms with Crippen LogP contribution < -0.4 is 5.73 Å². The highest BCUT2D eigenvalue weighted by Gasteiger charge is 2.10. The van der Waals surface area contributed by atoms with E-state index in [1.807, 2.05) is 13.8 Å². The molecule has 0 fully saturated rings. The van der Waals surface area contributed by atoms with Gasteiger partial charge in [-0.25, -0.2) is 0 Å². The molecule has 58 valence electrons. The van der Waals surface area contributed by atoms with E-state index in [1.54, 1.807) is 6.07 Å².